The average Bonchev–Trinajstić information content (AvgIpc) is 2.72. The zero-order chi connectivity index (χ0) is 21.3. The lowest BCUT2D eigenvalue weighted by atomic mass is 10.0. The van der Waals surface area contributed by atoms with Gasteiger partial charge >= 0.3 is 6.03 Å². The Hall–Kier alpha value is -2.67. The number of carbonyl (C=O) groups is 1. The third-order valence-corrected chi connectivity index (χ3v) is 5.77. The molecule has 3 heterocycles. The predicted octanol–water partition coefficient (Wildman–Crippen LogP) is 3.55. The first-order chi connectivity index (χ1) is 14.4. The molecular weight excluding hydrogens is 378 g/mol. The van der Waals surface area contributed by atoms with Gasteiger partial charge in [-0.15, -0.1) is 0 Å². The summed E-state index contributed by atoms with van der Waals surface area (Å²) < 4.78 is 5.89. The van der Waals surface area contributed by atoms with Crippen molar-refractivity contribution >= 4 is 17.5 Å². The Bertz CT molecular complexity index is 905. The largest absolute Gasteiger partial charge is 0.372 e. The number of ether oxygens (including phenoxy) is 1. The monoisotopic (exact) mass is 409 g/mol. The molecule has 0 bridgehead atoms. The van der Waals surface area contributed by atoms with Crippen molar-refractivity contribution in [3.05, 3.63) is 46.9 Å². The molecule has 1 fully saturated rings. The summed E-state index contributed by atoms with van der Waals surface area (Å²) in [7, 11) is 0. The maximum atomic E-state index is 12.9. The maximum Gasteiger partial charge on any atom is 0.322 e. The zero-order valence-electron chi connectivity index (χ0n) is 18.3. The zero-order valence-corrected chi connectivity index (χ0v) is 18.3. The van der Waals surface area contributed by atoms with E-state index < -0.39 is 0 Å². The summed E-state index contributed by atoms with van der Waals surface area (Å²) >= 11 is 0. The fourth-order valence-corrected chi connectivity index (χ4v) is 4.33. The van der Waals surface area contributed by atoms with Crippen LogP contribution in [0, 0.1) is 6.92 Å². The maximum absolute atomic E-state index is 12.9. The van der Waals surface area contributed by atoms with Crippen LogP contribution in [0.2, 0.25) is 0 Å². The van der Waals surface area contributed by atoms with Crippen molar-refractivity contribution in [3.8, 4) is 0 Å². The van der Waals surface area contributed by atoms with Crippen LogP contribution in [-0.2, 0) is 24.1 Å². The predicted molar refractivity (Wildman–Crippen MR) is 118 cm³/mol. The number of hydrogen-bond acceptors (Lipinski definition) is 5. The fraction of sp³-hybridized carbons (Fsp3) is 0.522. The van der Waals surface area contributed by atoms with Crippen LogP contribution < -0.4 is 10.2 Å². The highest BCUT2D eigenvalue weighted by atomic mass is 16.5. The van der Waals surface area contributed by atoms with Gasteiger partial charge in [-0.25, -0.2) is 14.8 Å². The van der Waals surface area contributed by atoms with E-state index in [1.165, 1.54) is 5.56 Å². The SMILES string of the molecule is CCc1ccc(NC(=O)N2CCc3nc(C)nc(N4C[C@@H](C)O[C@@H](C)C4)c3C2)cc1. The Labute approximate surface area is 178 Å². The number of aromatic nitrogens is 2. The van der Waals surface area contributed by atoms with Gasteiger partial charge in [-0.05, 0) is 44.9 Å². The highest BCUT2D eigenvalue weighted by Crippen LogP contribution is 2.29. The van der Waals surface area contributed by atoms with E-state index >= 15 is 0 Å². The Morgan fingerprint density at radius 3 is 2.53 bits per heavy atom. The van der Waals surface area contributed by atoms with Gasteiger partial charge in [0.25, 0.3) is 0 Å². The third kappa shape index (κ3) is 4.41. The van der Waals surface area contributed by atoms with Gasteiger partial charge < -0.3 is 19.9 Å². The number of hydrogen-bond donors (Lipinski definition) is 1. The Balaban J connectivity index is 1.54. The minimum absolute atomic E-state index is 0.0832. The molecule has 0 aliphatic carbocycles. The van der Waals surface area contributed by atoms with Crippen LogP contribution in [0.25, 0.3) is 0 Å². The molecule has 1 saturated heterocycles. The second kappa shape index (κ2) is 8.60. The molecule has 2 aliphatic rings. The molecule has 2 atom stereocenters. The fourth-order valence-electron chi connectivity index (χ4n) is 4.33. The van der Waals surface area contributed by atoms with Crippen LogP contribution >= 0.6 is 0 Å². The summed E-state index contributed by atoms with van der Waals surface area (Å²) in [5, 5.41) is 3.03. The Morgan fingerprint density at radius 1 is 1.17 bits per heavy atom. The highest BCUT2D eigenvalue weighted by molar-refractivity contribution is 5.89. The molecule has 160 valence electrons. The molecular formula is C23H31N5O2. The van der Waals surface area contributed by atoms with Gasteiger partial charge in [-0.1, -0.05) is 19.1 Å². The van der Waals surface area contributed by atoms with Crippen LogP contribution in [0.5, 0.6) is 0 Å². The molecule has 30 heavy (non-hydrogen) atoms. The smallest absolute Gasteiger partial charge is 0.322 e. The van der Waals surface area contributed by atoms with E-state index in [1.54, 1.807) is 0 Å². The van der Waals surface area contributed by atoms with Crippen molar-refractivity contribution in [1.29, 1.82) is 0 Å². The summed E-state index contributed by atoms with van der Waals surface area (Å²) in [6, 6.07) is 7.94. The second-order valence-corrected chi connectivity index (χ2v) is 8.33. The van der Waals surface area contributed by atoms with Crippen LogP contribution in [0.3, 0.4) is 0 Å². The summed E-state index contributed by atoms with van der Waals surface area (Å²) in [6.07, 6.45) is 2.02. The molecule has 2 aliphatic heterocycles. The van der Waals surface area contributed by atoms with Gasteiger partial charge in [0.1, 0.15) is 11.6 Å². The number of benzene rings is 1. The molecule has 2 amide bonds. The topological polar surface area (TPSA) is 70.6 Å². The summed E-state index contributed by atoms with van der Waals surface area (Å²) in [6.45, 7) is 11.0. The molecule has 2 aromatic rings. The van der Waals surface area contributed by atoms with Crippen LogP contribution in [0.1, 0.15) is 43.4 Å². The van der Waals surface area contributed by atoms with Gasteiger partial charge in [0.05, 0.1) is 24.4 Å². The molecule has 7 nitrogen and oxygen atoms in total. The van der Waals surface area contributed by atoms with Gasteiger partial charge in [0.15, 0.2) is 0 Å². The van der Waals surface area contributed by atoms with Crippen molar-refractivity contribution in [1.82, 2.24) is 14.9 Å². The number of rotatable bonds is 3. The minimum atomic E-state index is -0.0832. The van der Waals surface area contributed by atoms with Gasteiger partial charge in [0.2, 0.25) is 0 Å². The second-order valence-electron chi connectivity index (χ2n) is 8.33. The van der Waals surface area contributed by atoms with Gasteiger partial charge in [0, 0.05) is 37.3 Å². The molecule has 0 spiro atoms. The molecule has 4 rings (SSSR count). The number of fused-ring (bicyclic) bond motifs is 1. The van der Waals surface area contributed by atoms with Crippen molar-refractivity contribution in [2.75, 3.05) is 29.9 Å². The van der Waals surface area contributed by atoms with E-state index in [0.29, 0.717) is 13.1 Å². The normalized spacial score (nSPS) is 21.3. The van der Waals surface area contributed by atoms with Gasteiger partial charge in [-0.3, -0.25) is 0 Å². The minimum Gasteiger partial charge on any atom is -0.372 e. The number of carbonyl (C=O) groups excluding carboxylic acids is 1. The first-order valence-corrected chi connectivity index (χ1v) is 10.8. The number of morpholine rings is 1. The number of nitrogens with zero attached hydrogens (tertiary/aromatic N) is 4. The molecule has 1 N–H and O–H groups in total. The average molecular weight is 410 g/mol. The number of amides is 2. The lowest BCUT2D eigenvalue weighted by molar-refractivity contribution is -0.00557. The standard InChI is InChI=1S/C23H31N5O2/c1-5-18-6-8-19(9-7-18)26-23(29)27-11-10-21-20(14-27)22(25-17(4)24-21)28-12-15(2)30-16(3)13-28/h6-9,15-16H,5,10-14H2,1-4H3,(H,26,29)/t15-,16+. The van der Waals surface area contributed by atoms with E-state index in [1.807, 2.05) is 24.0 Å². The first-order valence-electron chi connectivity index (χ1n) is 10.8. The first kappa shape index (κ1) is 20.6. The van der Waals surface area contributed by atoms with E-state index in [0.717, 1.165) is 54.5 Å². The van der Waals surface area contributed by atoms with E-state index in [-0.39, 0.29) is 18.2 Å². The Morgan fingerprint density at radius 2 is 1.87 bits per heavy atom. The lowest BCUT2D eigenvalue weighted by Gasteiger charge is -2.38. The summed E-state index contributed by atoms with van der Waals surface area (Å²) in [5.41, 5.74) is 4.19. The summed E-state index contributed by atoms with van der Waals surface area (Å²) in [5.74, 6) is 1.73. The van der Waals surface area contributed by atoms with Crippen molar-refractivity contribution in [2.24, 2.45) is 0 Å². The van der Waals surface area contributed by atoms with Crippen molar-refractivity contribution in [3.63, 3.8) is 0 Å². The number of aryl methyl sites for hydroxylation is 2. The molecule has 0 radical (unpaired) electrons. The third-order valence-electron chi connectivity index (χ3n) is 5.77. The summed E-state index contributed by atoms with van der Waals surface area (Å²) in [4.78, 5) is 26.5. The van der Waals surface area contributed by atoms with E-state index in [2.05, 4.69) is 48.1 Å². The quantitative estimate of drug-likeness (QED) is 0.839. The van der Waals surface area contributed by atoms with E-state index in [4.69, 9.17) is 9.72 Å². The number of nitrogens with one attached hydrogen (secondary N) is 1. The van der Waals surface area contributed by atoms with E-state index in [9.17, 15) is 4.79 Å². The van der Waals surface area contributed by atoms with Crippen molar-refractivity contribution < 1.29 is 9.53 Å². The van der Waals surface area contributed by atoms with Gasteiger partial charge in [-0.2, -0.15) is 0 Å². The van der Waals surface area contributed by atoms with Crippen LogP contribution in [0.4, 0.5) is 16.3 Å². The lowest BCUT2D eigenvalue weighted by Crippen LogP contribution is -2.47. The number of anilines is 2. The molecule has 1 aromatic heterocycles. The number of urea groups is 1. The molecule has 1 aromatic carbocycles. The molecule has 7 heteroatoms. The Kier molecular flexibility index (Phi) is 5.90. The molecule has 0 unspecified atom stereocenters. The van der Waals surface area contributed by atoms with Crippen LogP contribution in [0.15, 0.2) is 24.3 Å². The highest BCUT2D eigenvalue weighted by Gasteiger charge is 2.30. The van der Waals surface area contributed by atoms with Crippen molar-refractivity contribution in [2.45, 2.75) is 59.3 Å². The van der Waals surface area contributed by atoms with Crippen LogP contribution in [-0.4, -0.2) is 52.7 Å². The molecule has 0 saturated carbocycles.